The van der Waals surface area contributed by atoms with Crippen molar-refractivity contribution in [1.29, 1.82) is 0 Å². The Morgan fingerprint density at radius 1 is 0.640 bits per heavy atom. The van der Waals surface area contributed by atoms with E-state index in [2.05, 4.69) is 6.92 Å². The molecule has 148 valence electrons. The van der Waals surface area contributed by atoms with E-state index in [1.807, 2.05) is 0 Å². The quantitative estimate of drug-likeness (QED) is 0.191. The van der Waals surface area contributed by atoms with Gasteiger partial charge in [0.05, 0.1) is 5.97 Å². The predicted octanol–water partition coefficient (Wildman–Crippen LogP) is 6.72. The summed E-state index contributed by atoms with van der Waals surface area (Å²) in [5.41, 5.74) is 0.372. The van der Waals surface area contributed by atoms with Gasteiger partial charge in [0.2, 0.25) is 0 Å². The lowest BCUT2D eigenvalue weighted by atomic mass is 10.0. The van der Waals surface area contributed by atoms with E-state index < -0.39 is 5.97 Å². The number of unbranched alkanes of at least 4 members (excludes halogenated alkanes) is 17. The van der Waals surface area contributed by atoms with Crippen LogP contribution in [0.5, 0.6) is 0 Å². The Labute approximate surface area is 157 Å². The number of carbonyl (C=O) groups excluding carboxylic acids is 1. The monoisotopic (exact) mass is 351 g/mol. The van der Waals surface area contributed by atoms with Crippen LogP contribution in [0.15, 0.2) is 11.6 Å². The van der Waals surface area contributed by atoms with Crippen molar-refractivity contribution in [2.24, 2.45) is 0 Å². The van der Waals surface area contributed by atoms with Gasteiger partial charge in [0.1, 0.15) is 0 Å². The molecule has 0 aliphatic carbocycles. The summed E-state index contributed by atoms with van der Waals surface area (Å²) in [5, 5.41) is 10.5. The number of carboxylic acids is 1. The molecule has 0 saturated carbocycles. The molecule has 2 nitrogen and oxygen atoms in total. The van der Waals surface area contributed by atoms with Gasteiger partial charge in [0.25, 0.3) is 0 Å². The highest BCUT2D eigenvalue weighted by Crippen LogP contribution is 2.14. The minimum absolute atomic E-state index is 0.372. The molecule has 0 aromatic carbocycles. The smallest absolute Gasteiger partial charge is 0.0668 e. The van der Waals surface area contributed by atoms with Crippen LogP contribution in [0, 0.1) is 0 Å². The van der Waals surface area contributed by atoms with E-state index in [0.29, 0.717) is 5.57 Å². The largest absolute Gasteiger partial charge is 0.545 e. The molecule has 0 N–H and O–H groups in total. The fourth-order valence-corrected chi connectivity index (χ4v) is 3.27. The van der Waals surface area contributed by atoms with Gasteiger partial charge in [-0.1, -0.05) is 116 Å². The maximum atomic E-state index is 10.5. The van der Waals surface area contributed by atoms with E-state index in [4.69, 9.17) is 0 Å². The molecular weight excluding hydrogens is 308 g/mol. The molecule has 0 rings (SSSR count). The zero-order chi connectivity index (χ0) is 18.6. The lowest BCUT2D eigenvalue weighted by Crippen LogP contribution is -2.22. The number of rotatable bonds is 19. The first kappa shape index (κ1) is 24.2. The zero-order valence-corrected chi connectivity index (χ0v) is 17.1. The van der Waals surface area contributed by atoms with Gasteiger partial charge in [0, 0.05) is 0 Å². The lowest BCUT2D eigenvalue weighted by Gasteiger charge is -2.04. The fourth-order valence-electron chi connectivity index (χ4n) is 3.27. The number of aliphatic carboxylic acids is 1. The highest BCUT2D eigenvalue weighted by molar-refractivity contribution is 5.83. The molecule has 0 radical (unpaired) electrons. The third kappa shape index (κ3) is 19.4. The molecule has 0 aromatic rings. The van der Waals surface area contributed by atoms with Crippen molar-refractivity contribution in [3.05, 3.63) is 11.6 Å². The Morgan fingerprint density at radius 2 is 0.960 bits per heavy atom. The molecular formula is C23H43O2-. The minimum Gasteiger partial charge on any atom is -0.545 e. The maximum Gasteiger partial charge on any atom is 0.0668 e. The first-order valence-electron chi connectivity index (χ1n) is 11.1. The lowest BCUT2D eigenvalue weighted by molar-refractivity contribution is -0.299. The van der Waals surface area contributed by atoms with E-state index in [1.54, 1.807) is 13.0 Å². The van der Waals surface area contributed by atoms with Crippen molar-refractivity contribution in [2.45, 2.75) is 129 Å². The molecule has 0 saturated heterocycles. The number of hydrogen-bond donors (Lipinski definition) is 0. The van der Waals surface area contributed by atoms with Gasteiger partial charge >= 0.3 is 0 Å². The number of carboxylic acid groups (broad SMARTS) is 1. The van der Waals surface area contributed by atoms with E-state index in [-0.39, 0.29) is 0 Å². The SMILES string of the molecule is CCCCCCCCCCCCCCCCCCC/C=C(\C)C(=O)[O-]. The molecule has 0 aliphatic rings. The van der Waals surface area contributed by atoms with E-state index in [0.717, 1.165) is 12.8 Å². The van der Waals surface area contributed by atoms with E-state index in [9.17, 15) is 9.90 Å². The Morgan fingerprint density at radius 3 is 1.28 bits per heavy atom. The Balaban J connectivity index is 3.10. The number of allylic oxidation sites excluding steroid dienone is 1. The predicted molar refractivity (Wildman–Crippen MR) is 108 cm³/mol. The van der Waals surface area contributed by atoms with Crippen molar-refractivity contribution in [3.8, 4) is 0 Å². The van der Waals surface area contributed by atoms with Gasteiger partial charge in [-0.15, -0.1) is 0 Å². The van der Waals surface area contributed by atoms with Gasteiger partial charge in [-0.25, -0.2) is 0 Å². The van der Waals surface area contributed by atoms with Crippen molar-refractivity contribution in [2.75, 3.05) is 0 Å². The summed E-state index contributed by atoms with van der Waals surface area (Å²) in [6, 6.07) is 0. The fraction of sp³-hybridized carbons (Fsp3) is 0.870. The van der Waals surface area contributed by atoms with Crippen LogP contribution in [0.3, 0.4) is 0 Å². The summed E-state index contributed by atoms with van der Waals surface area (Å²) in [4.78, 5) is 10.5. The summed E-state index contributed by atoms with van der Waals surface area (Å²) in [6.07, 6.45) is 26.0. The standard InChI is InChI=1S/C23H44O2/c1-3-4-5-6-7-8-9-10-11-12-13-14-15-16-17-18-19-20-21-22(2)23(24)25/h21H,3-20H2,1-2H3,(H,24,25)/p-1/b22-21+. The molecule has 0 aromatic heterocycles. The second-order valence-electron chi connectivity index (χ2n) is 7.62. The van der Waals surface area contributed by atoms with E-state index >= 15 is 0 Å². The van der Waals surface area contributed by atoms with Crippen LogP contribution in [0.1, 0.15) is 129 Å². The van der Waals surface area contributed by atoms with Gasteiger partial charge in [-0.05, 0) is 25.3 Å². The van der Waals surface area contributed by atoms with Crippen LogP contribution >= 0.6 is 0 Å². The highest BCUT2D eigenvalue weighted by atomic mass is 16.4. The Bertz CT molecular complexity index is 320. The topological polar surface area (TPSA) is 40.1 Å². The van der Waals surface area contributed by atoms with Crippen molar-refractivity contribution < 1.29 is 9.90 Å². The molecule has 0 atom stereocenters. The minimum atomic E-state index is -1.04. The first-order valence-corrected chi connectivity index (χ1v) is 11.1. The van der Waals surface area contributed by atoms with Crippen LogP contribution < -0.4 is 5.11 Å². The van der Waals surface area contributed by atoms with Crippen LogP contribution in [0.25, 0.3) is 0 Å². The highest BCUT2D eigenvalue weighted by Gasteiger charge is 1.95. The summed E-state index contributed by atoms with van der Waals surface area (Å²) >= 11 is 0. The van der Waals surface area contributed by atoms with Crippen LogP contribution in [-0.2, 0) is 4.79 Å². The zero-order valence-electron chi connectivity index (χ0n) is 17.1. The van der Waals surface area contributed by atoms with Gasteiger partial charge in [0.15, 0.2) is 0 Å². The average molecular weight is 352 g/mol. The van der Waals surface area contributed by atoms with Gasteiger partial charge < -0.3 is 9.90 Å². The summed E-state index contributed by atoms with van der Waals surface area (Å²) in [7, 11) is 0. The average Bonchev–Trinajstić information content (AvgIpc) is 2.60. The second kappa shape index (κ2) is 19.5. The summed E-state index contributed by atoms with van der Waals surface area (Å²) < 4.78 is 0. The van der Waals surface area contributed by atoms with Crippen molar-refractivity contribution >= 4 is 5.97 Å². The third-order valence-corrected chi connectivity index (χ3v) is 5.08. The molecule has 0 heterocycles. The Kier molecular flexibility index (Phi) is 18.9. The van der Waals surface area contributed by atoms with Crippen LogP contribution in [-0.4, -0.2) is 5.97 Å². The molecule has 0 fully saturated rings. The third-order valence-electron chi connectivity index (χ3n) is 5.08. The van der Waals surface area contributed by atoms with Crippen LogP contribution in [0.2, 0.25) is 0 Å². The summed E-state index contributed by atoms with van der Waals surface area (Å²) in [5.74, 6) is -1.04. The van der Waals surface area contributed by atoms with Crippen molar-refractivity contribution in [1.82, 2.24) is 0 Å². The molecule has 0 unspecified atom stereocenters. The van der Waals surface area contributed by atoms with E-state index in [1.165, 1.54) is 103 Å². The maximum absolute atomic E-state index is 10.5. The molecule has 0 bridgehead atoms. The second-order valence-corrected chi connectivity index (χ2v) is 7.62. The molecule has 25 heavy (non-hydrogen) atoms. The molecule has 0 aliphatic heterocycles. The summed E-state index contributed by atoms with van der Waals surface area (Å²) in [6.45, 7) is 3.89. The first-order chi connectivity index (χ1) is 12.2. The number of hydrogen-bond acceptors (Lipinski definition) is 2. The molecule has 0 spiro atoms. The molecule has 0 amide bonds. The normalized spacial score (nSPS) is 11.8. The van der Waals surface area contributed by atoms with Crippen LogP contribution in [0.4, 0.5) is 0 Å². The molecule has 2 heteroatoms. The Hall–Kier alpha value is -0.790. The van der Waals surface area contributed by atoms with Gasteiger partial charge in [-0.2, -0.15) is 0 Å². The van der Waals surface area contributed by atoms with Crippen molar-refractivity contribution in [3.63, 3.8) is 0 Å². The van der Waals surface area contributed by atoms with Gasteiger partial charge in [-0.3, -0.25) is 0 Å². The number of carbonyl (C=O) groups is 1.